The predicted molar refractivity (Wildman–Crippen MR) is 137 cm³/mol. The molecule has 4 aromatic rings. The highest BCUT2D eigenvalue weighted by atomic mass is 16.2. The summed E-state index contributed by atoms with van der Waals surface area (Å²) in [7, 11) is 1.88. The Hall–Kier alpha value is -4.39. The minimum atomic E-state index is -0.00204. The van der Waals surface area contributed by atoms with E-state index in [0.29, 0.717) is 36.9 Å². The first kappa shape index (κ1) is 23.4. The first-order chi connectivity index (χ1) is 17.4. The number of fused-ring (bicyclic) bond motifs is 1. The van der Waals surface area contributed by atoms with Crippen LogP contribution in [0.5, 0.6) is 0 Å². The Labute approximate surface area is 209 Å². The third-order valence-electron chi connectivity index (χ3n) is 6.36. The number of aromatic nitrogens is 5. The van der Waals surface area contributed by atoms with Gasteiger partial charge in [-0.1, -0.05) is 13.8 Å². The van der Waals surface area contributed by atoms with E-state index in [9.17, 15) is 10.1 Å². The van der Waals surface area contributed by atoms with Crippen LogP contribution in [0, 0.1) is 17.2 Å². The van der Waals surface area contributed by atoms with Crippen LogP contribution < -0.4 is 10.2 Å². The molecule has 5 heterocycles. The van der Waals surface area contributed by atoms with Crippen LogP contribution in [0.25, 0.3) is 28.0 Å². The van der Waals surface area contributed by atoms with Gasteiger partial charge in [-0.05, 0) is 35.7 Å². The molecule has 10 heteroatoms. The fourth-order valence-electron chi connectivity index (χ4n) is 4.41. The quantitative estimate of drug-likeness (QED) is 0.467. The molecule has 0 aliphatic carbocycles. The maximum Gasteiger partial charge on any atom is 0.317 e. The van der Waals surface area contributed by atoms with Gasteiger partial charge in [-0.15, -0.1) is 0 Å². The van der Waals surface area contributed by atoms with E-state index in [1.165, 1.54) is 0 Å². The number of urea groups is 1. The van der Waals surface area contributed by atoms with Gasteiger partial charge in [-0.25, -0.2) is 14.8 Å². The summed E-state index contributed by atoms with van der Waals surface area (Å²) < 4.78 is 3.61. The zero-order chi connectivity index (χ0) is 25.2. The molecule has 1 aliphatic heterocycles. The number of imidazole rings is 1. The number of pyridine rings is 2. The monoisotopic (exact) mass is 483 g/mol. The number of carbonyl (C=O) groups excluding carboxylic acids is 1. The Morgan fingerprint density at radius 3 is 2.50 bits per heavy atom. The lowest BCUT2D eigenvalue weighted by Crippen LogP contribution is -2.52. The fourth-order valence-corrected chi connectivity index (χ4v) is 4.41. The summed E-state index contributed by atoms with van der Waals surface area (Å²) in [5.74, 6) is 1.29. The van der Waals surface area contributed by atoms with Crippen LogP contribution in [0.1, 0.15) is 19.5 Å². The van der Waals surface area contributed by atoms with Gasteiger partial charge in [-0.2, -0.15) is 10.4 Å². The van der Waals surface area contributed by atoms with Gasteiger partial charge in [0.15, 0.2) is 0 Å². The van der Waals surface area contributed by atoms with Crippen LogP contribution in [0.3, 0.4) is 0 Å². The second kappa shape index (κ2) is 9.70. The molecule has 0 saturated carbocycles. The molecule has 0 bridgehead atoms. The van der Waals surface area contributed by atoms with E-state index in [2.05, 4.69) is 40.2 Å². The number of hydrogen-bond acceptors (Lipinski definition) is 6. The maximum absolute atomic E-state index is 12.4. The molecule has 5 rings (SSSR count). The lowest BCUT2D eigenvalue weighted by atomic mass is 10.1. The summed E-state index contributed by atoms with van der Waals surface area (Å²) in [6.45, 7) is 7.61. The summed E-state index contributed by atoms with van der Waals surface area (Å²) in [6.07, 6.45) is 7.19. The zero-order valence-corrected chi connectivity index (χ0v) is 20.7. The van der Waals surface area contributed by atoms with E-state index < -0.39 is 0 Å². The van der Waals surface area contributed by atoms with Gasteiger partial charge in [-0.3, -0.25) is 9.08 Å². The van der Waals surface area contributed by atoms with Crippen molar-refractivity contribution in [3.8, 4) is 28.5 Å². The maximum atomic E-state index is 12.4. The van der Waals surface area contributed by atoms with Gasteiger partial charge in [0, 0.05) is 63.3 Å². The third-order valence-corrected chi connectivity index (χ3v) is 6.36. The van der Waals surface area contributed by atoms with E-state index in [1.54, 1.807) is 10.9 Å². The fraction of sp³-hybridized carbons (Fsp3) is 0.346. The molecule has 2 amide bonds. The molecule has 4 aromatic heterocycles. The molecule has 0 radical (unpaired) electrons. The molecule has 36 heavy (non-hydrogen) atoms. The van der Waals surface area contributed by atoms with Crippen LogP contribution in [0.2, 0.25) is 0 Å². The van der Waals surface area contributed by atoms with E-state index in [0.717, 1.165) is 41.3 Å². The average Bonchev–Trinajstić information content (AvgIpc) is 3.53. The molecular formula is C26H29N9O. The SMILES string of the molecule is CC(C)CNC(=O)N1CCN(c2ccc(-c3cc(-c4cnn(C)c4)cc4ncc(C#N)n34)cn2)CC1. The minimum Gasteiger partial charge on any atom is -0.353 e. The average molecular weight is 484 g/mol. The standard InChI is InChI=1S/C26H29N9O/c1-18(2)13-30-26(36)34-8-6-33(7-9-34)24-5-4-19(14-28-24)23-10-20(21-15-31-32(3)17-21)11-25-29-16-22(12-27)35(23)25/h4-5,10-11,14-18H,6-9,13H2,1-3H3,(H,30,36). The Bertz CT molecular complexity index is 1420. The van der Waals surface area contributed by atoms with Crippen LogP contribution in [-0.4, -0.2) is 67.8 Å². The number of carbonyl (C=O) groups is 1. The molecule has 1 N–H and O–H groups in total. The van der Waals surface area contributed by atoms with Crippen molar-refractivity contribution in [3.05, 3.63) is 54.7 Å². The molecule has 0 aromatic carbocycles. The van der Waals surface area contributed by atoms with E-state index in [4.69, 9.17) is 4.98 Å². The van der Waals surface area contributed by atoms with Gasteiger partial charge in [0.05, 0.1) is 18.1 Å². The number of rotatable bonds is 5. The summed E-state index contributed by atoms with van der Waals surface area (Å²) in [5.41, 5.74) is 4.83. The molecule has 1 aliphatic rings. The van der Waals surface area contributed by atoms with Crippen LogP contribution in [0.4, 0.5) is 10.6 Å². The molecule has 184 valence electrons. The summed E-state index contributed by atoms with van der Waals surface area (Å²) in [4.78, 5) is 25.6. The van der Waals surface area contributed by atoms with Gasteiger partial charge in [0.1, 0.15) is 23.2 Å². The first-order valence-electron chi connectivity index (χ1n) is 12.1. The van der Waals surface area contributed by atoms with Crippen molar-refractivity contribution in [1.29, 1.82) is 5.26 Å². The lowest BCUT2D eigenvalue weighted by Gasteiger charge is -2.35. The predicted octanol–water partition coefficient (Wildman–Crippen LogP) is 3.16. The van der Waals surface area contributed by atoms with Gasteiger partial charge in [0.2, 0.25) is 0 Å². The van der Waals surface area contributed by atoms with Gasteiger partial charge < -0.3 is 15.1 Å². The van der Waals surface area contributed by atoms with Crippen LogP contribution in [-0.2, 0) is 7.05 Å². The molecule has 0 spiro atoms. The van der Waals surface area contributed by atoms with Crippen molar-refractivity contribution >= 4 is 17.5 Å². The summed E-state index contributed by atoms with van der Waals surface area (Å²) in [5, 5.41) is 16.9. The molecule has 0 atom stereocenters. The highest BCUT2D eigenvalue weighted by molar-refractivity contribution is 5.76. The van der Waals surface area contributed by atoms with Crippen molar-refractivity contribution in [2.75, 3.05) is 37.6 Å². The molecule has 1 fully saturated rings. The van der Waals surface area contributed by atoms with Gasteiger partial charge in [0.25, 0.3) is 0 Å². The van der Waals surface area contributed by atoms with Crippen LogP contribution in [0.15, 0.2) is 49.1 Å². The zero-order valence-electron chi connectivity index (χ0n) is 20.7. The van der Waals surface area contributed by atoms with E-state index in [1.807, 2.05) is 59.2 Å². The van der Waals surface area contributed by atoms with Crippen LogP contribution >= 0.6 is 0 Å². The van der Waals surface area contributed by atoms with Gasteiger partial charge >= 0.3 is 6.03 Å². The summed E-state index contributed by atoms with van der Waals surface area (Å²) in [6, 6.07) is 10.2. The first-order valence-corrected chi connectivity index (χ1v) is 12.1. The number of nitrogens with zero attached hydrogens (tertiary/aromatic N) is 8. The largest absolute Gasteiger partial charge is 0.353 e. The van der Waals surface area contributed by atoms with Crippen molar-refractivity contribution in [2.45, 2.75) is 13.8 Å². The second-order valence-corrected chi connectivity index (χ2v) is 9.44. The minimum absolute atomic E-state index is 0.00204. The topological polar surface area (TPSA) is 107 Å². The van der Waals surface area contributed by atoms with Crippen molar-refractivity contribution in [1.82, 2.24) is 34.4 Å². The Morgan fingerprint density at radius 1 is 1.06 bits per heavy atom. The molecular weight excluding hydrogens is 454 g/mol. The van der Waals surface area contributed by atoms with E-state index >= 15 is 0 Å². The Morgan fingerprint density at radius 2 is 1.86 bits per heavy atom. The number of aryl methyl sites for hydroxylation is 1. The number of nitrogens with one attached hydrogen (secondary N) is 1. The van der Waals surface area contributed by atoms with E-state index in [-0.39, 0.29) is 6.03 Å². The highest BCUT2D eigenvalue weighted by Gasteiger charge is 2.22. The van der Waals surface area contributed by atoms with Crippen molar-refractivity contribution < 1.29 is 4.79 Å². The smallest absolute Gasteiger partial charge is 0.317 e. The number of hydrogen-bond donors (Lipinski definition) is 1. The second-order valence-electron chi connectivity index (χ2n) is 9.44. The third kappa shape index (κ3) is 4.60. The number of nitriles is 1. The summed E-state index contributed by atoms with van der Waals surface area (Å²) >= 11 is 0. The molecule has 10 nitrogen and oxygen atoms in total. The normalized spacial score (nSPS) is 13.9. The Balaban J connectivity index is 1.38. The number of anilines is 1. The molecule has 0 unspecified atom stereocenters. The Kier molecular flexibility index (Phi) is 6.29. The van der Waals surface area contributed by atoms with Crippen molar-refractivity contribution in [3.63, 3.8) is 0 Å². The molecule has 1 saturated heterocycles. The van der Waals surface area contributed by atoms with Crippen molar-refractivity contribution in [2.24, 2.45) is 13.0 Å². The highest BCUT2D eigenvalue weighted by Crippen LogP contribution is 2.30. The number of piperazine rings is 1. The lowest BCUT2D eigenvalue weighted by molar-refractivity contribution is 0.193. The number of amides is 2.